The van der Waals surface area contributed by atoms with Crippen LogP contribution in [0.25, 0.3) is 0 Å². The summed E-state index contributed by atoms with van der Waals surface area (Å²) in [5, 5.41) is 6.41. The highest BCUT2D eigenvalue weighted by Gasteiger charge is 2.37. The Balaban J connectivity index is 1.51. The Morgan fingerprint density at radius 2 is 2.00 bits per heavy atom. The molecule has 1 saturated carbocycles. The molecule has 108 valence electrons. The summed E-state index contributed by atoms with van der Waals surface area (Å²) < 4.78 is 12.8. The van der Waals surface area contributed by atoms with Gasteiger partial charge in [0.25, 0.3) is 0 Å². The van der Waals surface area contributed by atoms with Gasteiger partial charge in [-0.1, -0.05) is 25.0 Å². The molecule has 3 rings (SSSR count). The topological polar surface area (TPSA) is 41.1 Å². The number of carbonyl (C=O) groups excluding carboxylic acids is 1. The Hall–Kier alpha value is -1.42. The minimum absolute atomic E-state index is 0.0523. The van der Waals surface area contributed by atoms with Gasteiger partial charge in [-0.3, -0.25) is 4.79 Å². The summed E-state index contributed by atoms with van der Waals surface area (Å²) in [7, 11) is 0. The van der Waals surface area contributed by atoms with Crippen molar-refractivity contribution in [3.05, 3.63) is 35.6 Å². The predicted molar refractivity (Wildman–Crippen MR) is 75.5 cm³/mol. The van der Waals surface area contributed by atoms with Crippen LogP contribution < -0.4 is 10.6 Å². The van der Waals surface area contributed by atoms with Gasteiger partial charge in [0, 0.05) is 12.6 Å². The van der Waals surface area contributed by atoms with Gasteiger partial charge in [-0.15, -0.1) is 0 Å². The molecule has 20 heavy (non-hydrogen) atoms. The van der Waals surface area contributed by atoms with E-state index in [-0.39, 0.29) is 17.8 Å². The Bertz CT molecular complexity index is 460. The molecule has 1 aromatic rings. The van der Waals surface area contributed by atoms with Crippen LogP contribution in [0.3, 0.4) is 0 Å². The first kappa shape index (κ1) is 13.6. The molecule has 1 saturated heterocycles. The first-order valence-electron chi connectivity index (χ1n) is 7.50. The van der Waals surface area contributed by atoms with Crippen molar-refractivity contribution in [2.45, 2.75) is 50.7 Å². The molecule has 3 unspecified atom stereocenters. The van der Waals surface area contributed by atoms with Gasteiger partial charge in [0.15, 0.2) is 0 Å². The molecule has 1 aromatic carbocycles. The number of nitrogens with one attached hydrogen (secondary N) is 2. The van der Waals surface area contributed by atoms with E-state index in [1.807, 2.05) is 0 Å². The molecule has 1 aliphatic carbocycles. The molecule has 0 radical (unpaired) electrons. The summed E-state index contributed by atoms with van der Waals surface area (Å²) in [6.45, 7) is 0.465. The zero-order valence-corrected chi connectivity index (χ0v) is 11.6. The average molecular weight is 276 g/mol. The minimum Gasteiger partial charge on any atom is -0.351 e. The van der Waals surface area contributed by atoms with Crippen molar-refractivity contribution in [1.82, 2.24) is 10.6 Å². The van der Waals surface area contributed by atoms with Crippen LogP contribution in [0.15, 0.2) is 24.3 Å². The van der Waals surface area contributed by atoms with E-state index in [1.165, 1.54) is 37.8 Å². The third-order valence-electron chi connectivity index (χ3n) is 4.56. The summed E-state index contributed by atoms with van der Waals surface area (Å²) >= 11 is 0. The van der Waals surface area contributed by atoms with E-state index in [2.05, 4.69) is 10.6 Å². The summed E-state index contributed by atoms with van der Waals surface area (Å²) in [6.07, 6.45) is 5.98. The molecule has 1 amide bonds. The smallest absolute Gasteiger partial charge is 0.237 e. The number of fused-ring (bicyclic) bond motifs is 1. The second-order valence-corrected chi connectivity index (χ2v) is 5.95. The van der Waals surface area contributed by atoms with Crippen LogP contribution in [0.2, 0.25) is 0 Å². The van der Waals surface area contributed by atoms with E-state index >= 15 is 0 Å². The fourth-order valence-electron chi connectivity index (χ4n) is 3.44. The van der Waals surface area contributed by atoms with E-state index in [4.69, 9.17) is 0 Å². The Morgan fingerprint density at radius 3 is 2.75 bits per heavy atom. The van der Waals surface area contributed by atoms with E-state index in [0.717, 1.165) is 12.0 Å². The van der Waals surface area contributed by atoms with Crippen molar-refractivity contribution in [3.63, 3.8) is 0 Å². The van der Waals surface area contributed by atoms with Crippen LogP contribution in [0.5, 0.6) is 0 Å². The van der Waals surface area contributed by atoms with Crippen LogP contribution >= 0.6 is 0 Å². The van der Waals surface area contributed by atoms with Gasteiger partial charge in [0.2, 0.25) is 5.91 Å². The fraction of sp³-hybridized carbons (Fsp3) is 0.562. The Labute approximate surface area is 118 Å². The van der Waals surface area contributed by atoms with Gasteiger partial charge in [0.05, 0.1) is 6.04 Å². The summed E-state index contributed by atoms with van der Waals surface area (Å²) in [5.74, 6) is 0.496. The van der Waals surface area contributed by atoms with Gasteiger partial charge in [0.1, 0.15) is 5.82 Å². The molecule has 2 N–H and O–H groups in total. The maximum atomic E-state index is 12.8. The number of hydrogen-bond acceptors (Lipinski definition) is 2. The lowest BCUT2D eigenvalue weighted by atomic mass is 9.85. The third kappa shape index (κ3) is 3.01. The number of benzene rings is 1. The number of amides is 1. The Kier molecular flexibility index (Phi) is 4.01. The molecule has 2 aliphatic rings. The standard InChI is InChI=1S/C16H21FN2O/c17-13-7-5-11(6-8-13)10-18-16(20)15-9-12-3-1-2-4-14(12)19-15/h5-8,12,14-15,19H,1-4,9-10H2,(H,18,20). The highest BCUT2D eigenvalue weighted by Crippen LogP contribution is 2.33. The zero-order valence-electron chi connectivity index (χ0n) is 11.6. The first-order chi connectivity index (χ1) is 9.72. The van der Waals surface area contributed by atoms with Gasteiger partial charge in [-0.05, 0) is 42.9 Å². The van der Waals surface area contributed by atoms with Crippen molar-refractivity contribution in [2.24, 2.45) is 5.92 Å². The highest BCUT2D eigenvalue weighted by molar-refractivity contribution is 5.82. The molecule has 0 aromatic heterocycles. The zero-order chi connectivity index (χ0) is 13.9. The molecular weight excluding hydrogens is 255 g/mol. The first-order valence-corrected chi connectivity index (χ1v) is 7.50. The van der Waals surface area contributed by atoms with Crippen LogP contribution in [0.1, 0.15) is 37.7 Å². The highest BCUT2D eigenvalue weighted by atomic mass is 19.1. The Morgan fingerprint density at radius 1 is 1.25 bits per heavy atom. The lowest BCUT2D eigenvalue weighted by Crippen LogP contribution is -2.42. The normalized spacial score (nSPS) is 28.9. The SMILES string of the molecule is O=C(NCc1ccc(F)cc1)C1CC2CCCCC2N1. The number of rotatable bonds is 3. The minimum atomic E-state index is -0.249. The number of hydrogen-bond donors (Lipinski definition) is 2. The monoisotopic (exact) mass is 276 g/mol. The molecule has 0 bridgehead atoms. The van der Waals surface area contributed by atoms with E-state index in [0.29, 0.717) is 18.5 Å². The molecule has 2 fully saturated rings. The van der Waals surface area contributed by atoms with Crippen molar-refractivity contribution in [2.75, 3.05) is 0 Å². The number of halogens is 1. The number of carbonyl (C=O) groups is 1. The van der Waals surface area contributed by atoms with E-state index in [9.17, 15) is 9.18 Å². The van der Waals surface area contributed by atoms with Crippen molar-refractivity contribution in [1.29, 1.82) is 0 Å². The van der Waals surface area contributed by atoms with E-state index < -0.39 is 0 Å². The van der Waals surface area contributed by atoms with Crippen LogP contribution in [0.4, 0.5) is 4.39 Å². The van der Waals surface area contributed by atoms with Gasteiger partial charge in [-0.25, -0.2) is 4.39 Å². The fourth-order valence-corrected chi connectivity index (χ4v) is 3.44. The van der Waals surface area contributed by atoms with Crippen molar-refractivity contribution < 1.29 is 9.18 Å². The quantitative estimate of drug-likeness (QED) is 0.890. The van der Waals surface area contributed by atoms with Gasteiger partial charge < -0.3 is 10.6 Å². The molecule has 3 atom stereocenters. The van der Waals surface area contributed by atoms with Crippen LogP contribution in [-0.2, 0) is 11.3 Å². The maximum Gasteiger partial charge on any atom is 0.237 e. The molecular formula is C16H21FN2O. The summed E-state index contributed by atoms with van der Waals surface area (Å²) in [4.78, 5) is 12.2. The molecule has 1 heterocycles. The largest absolute Gasteiger partial charge is 0.351 e. The second kappa shape index (κ2) is 5.92. The average Bonchev–Trinajstić information content (AvgIpc) is 2.90. The molecule has 4 heteroatoms. The van der Waals surface area contributed by atoms with Crippen LogP contribution in [0, 0.1) is 11.7 Å². The van der Waals surface area contributed by atoms with E-state index in [1.54, 1.807) is 12.1 Å². The predicted octanol–water partition coefficient (Wildman–Crippen LogP) is 2.36. The third-order valence-corrected chi connectivity index (χ3v) is 4.56. The maximum absolute atomic E-state index is 12.8. The summed E-state index contributed by atoms with van der Waals surface area (Å²) in [5.41, 5.74) is 0.926. The molecule has 3 nitrogen and oxygen atoms in total. The lowest BCUT2D eigenvalue weighted by Gasteiger charge is -2.24. The van der Waals surface area contributed by atoms with Gasteiger partial charge >= 0.3 is 0 Å². The van der Waals surface area contributed by atoms with Crippen LogP contribution in [-0.4, -0.2) is 18.0 Å². The van der Waals surface area contributed by atoms with Crippen molar-refractivity contribution in [3.8, 4) is 0 Å². The lowest BCUT2D eigenvalue weighted by molar-refractivity contribution is -0.123. The van der Waals surface area contributed by atoms with Gasteiger partial charge in [-0.2, -0.15) is 0 Å². The van der Waals surface area contributed by atoms with Crippen molar-refractivity contribution >= 4 is 5.91 Å². The summed E-state index contributed by atoms with van der Waals surface area (Å²) in [6, 6.07) is 6.73. The second-order valence-electron chi connectivity index (χ2n) is 5.95. The molecule has 0 spiro atoms. The molecule has 1 aliphatic heterocycles.